The molecule has 10 heteroatoms. The van der Waals surface area contributed by atoms with E-state index in [4.69, 9.17) is 39.3 Å². The Hall–Kier alpha value is -0.220. The Kier molecular flexibility index (Phi) is 18.0. The highest BCUT2D eigenvalue weighted by Gasteiger charge is 2.09. The second kappa shape index (κ2) is 14.7. The predicted molar refractivity (Wildman–Crippen MR) is 86.5 cm³/mol. The molecule has 0 spiro atoms. The minimum absolute atomic E-state index is 0.402. The zero-order chi connectivity index (χ0) is 17.5. The van der Waals surface area contributed by atoms with Gasteiger partial charge < -0.3 is 34.4 Å². The van der Waals surface area contributed by atoms with E-state index in [1.54, 1.807) is 0 Å². The van der Waals surface area contributed by atoms with E-state index in [1.165, 1.54) is 0 Å². The van der Waals surface area contributed by atoms with Crippen molar-refractivity contribution in [3.63, 3.8) is 0 Å². The molecule has 0 aromatic carbocycles. The highest BCUT2D eigenvalue weighted by Crippen LogP contribution is 2.14. The van der Waals surface area contributed by atoms with Crippen molar-refractivity contribution in [3.8, 4) is 0 Å². The van der Waals surface area contributed by atoms with Gasteiger partial charge in [0.1, 0.15) is 18.2 Å². The third kappa shape index (κ3) is 45.1. The molecule has 0 aliphatic heterocycles. The fourth-order valence-electron chi connectivity index (χ4n) is 0.495. The van der Waals surface area contributed by atoms with Crippen LogP contribution in [0, 0.1) is 0 Å². The first-order chi connectivity index (χ1) is 9.39. The fourth-order valence-corrected chi connectivity index (χ4v) is 0.780. The van der Waals surface area contributed by atoms with E-state index in [1.807, 2.05) is 13.8 Å². The summed E-state index contributed by atoms with van der Waals surface area (Å²) in [6, 6.07) is 0. The number of unbranched alkanes of at least 4 members (excludes halogenated alkanes) is 2. The van der Waals surface area contributed by atoms with Crippen LogP contribution < -0.4 is 34.4 Å². The van der Waals surface area contributed by atoms with Crippen LogP contribution in [0.15, 0.2) is 0 Å². The lowest BCUT2D eigenvalue weighted by Crippen LogP contribution is -2.57. The summed E-state index contributed by atoms with van der Waals surface area (Å²) >= 11 is 0. The molecule has 0 aromatic heterocycles. The molecule has 0 radical (unpaired) electrons. The molecule has 0 rings (SSSR count). The van der Waals surface area contributed by atoms with E-state index < -0.39 is 19.8 Å². The maximum absolute atomic E-state index is 9.89. The largest absolute Gasteiger partial charge is 0.694 e. The maximum Gasteiger partial charge on any atom is 0.694 e. The van der Waals surface area contributed by atoms with Gasteiger partial charge >= 0.3 is 8.25 Å². The average Bonchev–Trinajstić information content (AvgIpc) is 2.34. The van der Waals surface area contributed by atoms with Crippen LogP contribution >= 0.6 is 8.25 Å². The minimum Gasteiger partial charge on any atom is -0.301 e. The average molecular weight is 329 g/mol. The van der Waals surface area contributed by atoms with Gasteiger partial charge in [-0.15, -0.1) is 9.42 Å². The zero-order valence-corrected chi connectivity index (χ0v) is 14.3. The molecule has 1 unspecified atom stereocenters. The van der Waals surface area contributed by atoms with Crippen LogP contribution in [0.2, 0.25) is 0 Å². The van der Waals surface area contributed by atoms with Crippen molar-refractivity contribution < 1.29 is 14.0 Å². The van der Waals surface area contributed by atoms with Gasteiger partial charge in [0.25, 0.3) is 0 Å². The predicted octanol–water partition coefficient (Wildman–Crippen LogP) is -0.304. The van der Waals surface area contributed by atoms with Crippen molar-refractivity contribution in [2.24, 2.45) is 34.4 Å². The molecular weight excluding hydrogens is 295 g/mol. The van der Waals surface area contributed by atoms with Crippen LogP contribution in [0.1, 0.15) is 52.9 Å². The van der Waals surface area contributed by atoms with Crippen LogP contribution in [0.3, 0.4) is 0 Å². The molecule has 0 amide bonds. The van der Waals surface area contributed by atoms with E-state index in [2.05, 4.69) is 11.4 Å². The summed E-state index contributed by atoms with van der Waals surface area (Å²) in [5.74, 6) is -1.92. The number of hydrogen-bond acceptors (Lipinski definition) is 8. The minimum atomic E-state index is -2.37. The lowest BCUT2D eigenvalue weighted by molar-refractivity contribution is 0.274. The van der Waals surface area contributed by atoms with Crippen LogP contribution in [0.25, 0.3) is 0 Å². The van der Waals surface area contributed by atoms with Crippen LogP contribution in [0.5, 0.6) is 0 Å². The molecule has 130 valence electrons. The molecule has 0 fully saturated rings. The van der Waals surface area contributed by atoms with Crippen molar-refractivity contribution in [1.29, 1.82) is 0 Å². The molecule has 0 saturated heterocycles. The van der Waals surface area contributed by atoms with Crippen molar-refractivity contribution in [1.82, 2.24) is 0 Å². The molecule has 0 aliphatic rings. The van der Waals surface area contributed by atoms with Gasteiger partial charge in [0.2, 0.25) is 0 Å². The number of nitrogens with two attached hydrogens (primary N) is 6. The first-order valence-corrected chi connectivity index (χ1v) is 8.04. The Labute approximate surface area is 128 Å². The van der Waals surface area contributed by atoms with Gasteiger partial charge in [-0.1, -0.05) is 33.6 Å². The topological polar surface area (TPSA) is 203 Å². The molecule has 13 N–H and O–H groups in total. The van der Waals surface area contributed by atoms with Gasteiger partial charge in [-0.25, -0.2) is 0 Å². The summed E-state index contributed by atoms with van der Waals surface area (Å²) in [6.45, 7) is 6.14. The third-order valence-corrected chi connectivity index (χ3v) is 2.58. The van der Waals surface area contributed by atoms with E-state index in [0.717, 1.165) is 19.3 Å². The summed E-state index contributed by atoms with van der Waals surface area (Å²) in [5.41, 5.74) is 30.5. The lowest BCUT2D eigenvalue weighted by Gasteiger charge is -2.13. The maximum atomic E-state index is 9.89. The molecule has 0 bridgehead atoms. The Morgan fingerprint density at radius 1 is 0.905 bits per heavy atom. The summed E-state index contributed by atoms with van der Waals surface area (Å²) in [5, 5.41) is 0. The molecule has 0 aromatic rings. The van der Waals surface area contributed by atoms with Gasteiger partial charge in [-0.2, -0.15) is 0 Å². The van der Waals surface area contributed by atoms with Crippen LogP contribution in [0.4, 0.5) is 0 Å². The quantitative estimate of drug-likeness (QED) is 0.186. The summed E-state index contributed by atoms with van der Waals surface area (Å²) in [6.07, 6.45) is 4.24. The Morgan fingerprint density at radius 3 is 1.43 bits per heavy atom. The lowest BCUT2D eigenvalue weighted by atomic mass is 10.3. The molecule has 21 heavy (non-hydrogen) atoms. The van der Waals surface area contributed by atoms with E-state index in [-0.39, 0.29) is 0 Å². The van der Waals surface area contributed by atoms with Crippen molar-refractivity contribution in [2.45, 2.75) is 64.4 Å². The molecular formula is C11H34N6O3P+. The smallest absolute Gasteiger partial charge is 0.301 e. The standard InChI is InChI=1S/C5H11O3P.2C3H11N3/c1-2-3-4-5-8-9(6)7;2*1-2-3(4,5)6/h2-5H2,1H3;2*2,4-6H2,1H3/p+1. The van der Waals surface area contributed by atoms with Gasteiger partial charge in [0.05, 0.1) is 0 Å². The normalized spacial score (nSPS) is 11.8. The molecule has 0 aliphatic carbocycles. The van der Waals surface area contributed by atoms with Gasteiger partial charge in [0, 0.05) is 4.57 Å². The van der Waals surface area contributed by atoms with Crippen molar-refractivity contribution in [3.05, 3.63) is 0 Å². The summed E-state index contributed by atoms with van der Waals surface area (Å²) < 4.78 is 14.3. The van der Waals surface area contributed by atoms with Gasteiger partial charge in [-0.3, -0.25) is 0 Å². The summed E-state index contributed by atoms with van der Waals surface area (Å²) in [7, 11) is -2.37. The molecule has 9 nitrogen and oxygen atoms in total. The zero-order valence-electron chi connectivity index (χ0n) is 13.4. The molecule has 0 heterocycles. The fraction of sp³-hybridized carbons (Fsp3) is 1.00. The monoisotopic (exact) mass is 329 g/mol. The van der Waals surface area contributed by atoms with Crippen molar-refractivity contribution in [2.75, 3.05) is 6.61 Å². The second-order valence-corrected chi connectivity index (χ2v) is 5.44. The number of rotatable bonds is 7. The van der Waals surface area contributed by atoms with Gasteiger partial charge in [-0.05, 0) is 19.3 Å². The number of hydrogen-bond donors (Lipinski definition) is 7. The van der Waals surface area contributed by atoms with E-state index in [9.17, 15) is 4.57 Å². The molecule has 1 atom stereocenters. The van der Waals surface area contributed by atoms with Crippen LogP contribution in [-0.2, 0) is 9.09 Å². The van der Waals surface area contributed by atoms with Crippen LogP contribution in [-0.4, -0.2) is 23.1 Å². The highest BCUT2D eigenvalue weighted by atomic mass is 31.1. The first-order valence-electron chi connectivity index (χ1n) is 6.91. The SMILES string of the molecule is CCC(N)(N)N.CCC(N)(N)N.CCCCCO[P+](=O)O. The Balaban J connectivity index is -0.000000240. The second-order valence-electron chi connectivity index (χ2n) is 4.71. The van der Waals surface area contributed by atoms with Gasteiger partial charge in [0.15, 0.2) is 0 Å². The van der Waals surface area contributed by atoms with E-state index >= 15 is 0 Å². The molecule has 0 saturated carbocycles. The Morgan fingerprint density at radius 2 is 1.24 bits per heavy atom. The van der Waals surface area contributed by atoms with E-state index in [0.29, 0.717) is 19.4 Å². The Bertz CT molecular complexity index is 229. The van der Waals surface area contributed by atoms with Crippen molar-refractivity contribution >= 4 is 8.25 Å². The first kappa shape index (κ1) is 25.7. The highest BCUT2D eigenvalue weighted by molar-refractivity contribution is 7.32. The summed E-state index contributed by atoms with van der Waals surface area (Å²) in [4.78, 5) is 8.14. The third-order valence-electron chi connectivity index (χ3n) is 2.17.